The maximum absolute atomic E-state index is 6.20. The van der Waals surface area contributed by atoms with Crippen LogP contribution in [0.4, 0.5) is 5.82 Å². The van der Waals surface area contributed by atoms with Crippen molar-refractivity contribution in [1.29, 1.82) is 0 Å². The number of aryl methyl sites for hydroxylation is 1. The molecule has 0 aliphatic heterocycles. The number of nitrogens with two attached hydrogens (primary N) is 1. The number of hydrogen-bond donors (Lipinski definition) is 1. The smallest absolute Gasteiger partial charge is 0.127 e. The van der Waals surface area contributed by atoms with Crippen molar-refractivity contribution in [2.45, 2.75) is 65.8 Å². The number of nitrogens with zero attached hydrogens (tertiary/aromatic N) is 2. The average molecular weight is 223 g/mol. The van der Waals surface area contributed by atoms with Gasteiger partial charge >= 0.3 is 0 Å². The van der Waals surface area contributed by atoms with E-state index in [4.69, 9.17) is 10.7 Å². The molecule has 0 saturated heterocycles. The minimum atomic E-state index is 0.517. The van der Waals surface area contributed by atoms with Crippen LogP contribution in [0.3, 0.4) is 0 Å². The van der Waals surface area contributed by atoms with Crippen LogP contribution in [0.25, 0.3) is 0 Å². The van der Waals surface area contributed by atoms with Gasteiger partial charge in [0.1, 0.15) is 11.6 Å². The number of anilines is 1. The van der Waals surface area contributed by atoms with Crippen molar-refractivity contribution >= 4 is 5.82 Å². The van der Waals surface area contributed by atoms with Gasteiger partial charge < -0.3 is 10.3 Å². The Morgan fingerprint density at radius 3 is 2.25 bits per heavy atom. The lowest BCUT2D eigenvalue weighted by Gasteiger charge is -2.10. The minimum absolute atomic E-state index is 0.517. The first-order valence-corrected chi connectivity index (χ1v) is 6.54. The molecule has 0 bridgehead atoms. The molecular formula is C13H25N3. The van der Waals surface area contributed by atoms with E-state index in [1.54, 1.807) is 0 Å². The maximum atomic E-state index is 6.20. The summed E-state index contributed by atoms with van der Waals surface area (Å²) < 4.78 is 2.16. The maximum Gasteiger partial charge on any atom is 0.127 e. The van der Waals surface area contributed by atoms with E-state index in [-0.39, 0.29) is 0 Å². The van der Waals surface area contributed by atoms with Gasteiger partial charge in [-0.3, -0.25) is 0 Å². The molecule has 1 heterocycles. The zero-order valence-electron chi connectivity index (χ0n) is 11.1. The molecule has 0 unspecified atom stereocenters. The molecule has 92 valence electrons. The van der Waals surface area contributed by atoms with Crippen molar-refractivity contribution in [3.63, 3.8) is 0 Å². The van der Waals surface area contributed by atoms with Crippen molar-refractivity contribution in [1.82, 2.24) is 9.55 Å². The number of aromatic nitrogens is 2. The van der Waals surface area contributed by atoms with Gasteiger partial charge in [0.25, 0.3) is 0 Å². The van der Waals surface area contributed by atoms with Crippen LogP contribution < -0.4 is 5.73 Å². The van der Waals surface area contributed by atoms with Crippen LogP contribution in [0.15, 0.2) is 0 Å². The van der Waals surface area contributed by atoms with Crippen molar-refractivity contribution < 1.29 is 0 Å². The molecule has 0 radical (unpaired) electrons. The SMILES string of the molecule is CCCc1nc(C(CC)CC)c(N)n1CC. The van der Waals surface area contributed by atoms with Gasteiger partial charge in [-0.05, 0) is 26.2 Å². The van der Waals surface area contributed by atoms with E-state index in [0.29, 0.717) is 5.92 Å². The Balaban J connectivity index is 3.10. The normalized spacial score (nSPS) is 11.3. The number of hydrogen-bond acceptors (Lipinski definition) is 2. The van der Waals surface area contributed by atoms with E-state index in [0.717, 1.165) is 49.6 Å². The Labute approximate surface area is 99.1 Å². The molecule has 0 atom stereocenters. The predicted octanol–water partition coefficient (Wildman–Crippen LogP) is 3.34. The largest absolute Gasteiger partial charge is 0.384 e. The van der Waals surface area contributed by atoms with E-state index in [1.807, 2.05) is 0 Å². The molecule has 2 N–H and O–H groups in total. The van der Waals surface area contributed by atoms with Crippen LogP contribution in [0, 0.1) is 0 Å². The standard InChI is InChI=1S/C13H25N3/c1-5-9-11-15-12(10(6-2)7-3)13(14)16(11)8-4/h10H,5-9,14H2,1-4H3. The second-order valence-corrected chi connectivity index (χ2v) is 4.31. The fourth-order valence-electron chi connectivity index (χ4n) is 2.28. The van der Waals surface area contributed by atoms with Crippen LogP contribution in [0.5, 0.6) is 0 Å². The third-order valence-corrected chi connectivity index (χ3v) is 3.28. The molecule has 1 rings (SSSR count). The van der Waals surface area contributed by atoms with Crippen molar-refractivity contribution in [3.8, 4) is 0 Å². The van der Waals surface area contributed by atoms with Crippen LogP contribution >= 0.6 is 0 Å². The van der Waals surface area contributed by atoms with E-state index in [2.05, 4.69) is 32.3 Å². The Hall–Kier alpha value is -0.990. The molecular weight excluding hydrogens is 198 g/mol. The first-order chi connectivity index (χ1) is 7.69. The van der Waals surface area contributed by atoms with Crippen LogP contribution in [-0.2, 0) is 13.0 Å². The fourth-order valence-corrected chi connectivity index (χ4v) is 2.28. The molecule has 1 aromatic heterocycles. The highest BCUT2D eigenvalue weighted by Crippen LogP contribution is 2.28. The lowest BCUT2D eigenvalue weighted by Crippen LogP contribution is -2.06. The molecule has 0 aliphatic rings. The van der Waals surface area contributed by atoms with Crippen LogP contribution in [-0.4, -0.2) is 9.55 Å². The Morgan fingerprint density at radius 1 is 1.19 bits per heavy atom. The summed E-state index contributed by atoms with van der Waals surface area (Å²) in [7, 11) is 0. The quantitative estimate of drug-likeness (QED) is 0.803. The molecule has 16 heavy (non-hydrogen) atoms. The number of rotatable bonds is 6. The zero-order valence-corrected chi connectivity index (χ0v) is 11.1. The van der Waals surface area contributed by atoms with E-state index >= 15 is 0 Å². The zero-order chi connectivity index (χ0) is 12.1. The van der Waals surface area contributed by atoms with Gasteiger partial charge in [0, 0.05) is 18.9 Å². The topological polar surface area (TPSA) is 43.8 Å². The summed E-state index contributed by atoms with van der Waals surface area (Å²) in [4.78, 5) is 4.75. The second-order valence-electron chi connectivity index (χ2n) is 4.31. The number of nitrogen functional groups attached to an aromatic ring is 1. The first kappa shape index (κ1) is 13.1. The van der Waals surface area contributed by atoms with Gasteiger partial charge in [-0.1, -0.05) is 20.8 Å². The van der Waals surface area contributed by atoms with E-state index in [1.165, 1.54) is 0 Å². The lowest BCUT2D eigenvalue weighted by molar-refractivity contribution is 0.626. The van der Waals surface area contributed by atoms with Gasteiger partial charge in [0.2, 0.25) is 0 Å². The lowest BCUT2D eigenvalue weighted by atomic mass is 9.99. The van der Waals surface area contributed by atoms with Gasteiger partial charge in [0.05, 0.1) is 5.69 Å². The highest BCUT2D eigenvalue weighted by atomic mass is 15.1. The van der Waals surface area contributed by atoms with Crippen molar-refractivity contribution in [3.05, 3.63) is 11.5 Å². The second kappa shape index (κ2) is 5.92. The fraction of sp³-hybridized carbons (Fsp3) is 0.769. The summed E-state index contributed by atoms with van der Waals surface area (Å²) in [6, 6.07) is 0. The highest BCUT2D eigenvalue weighted by Gasteiger charge is 2.18. The van der Waals surface area contributed by atoms with Crippen molar-refractivity contribution in [2.75, 3.05) is 5.73 Å². The van der Waals surface area contributed by atoms with E-state index < -0.39 is 0 Å². The Bertz CT molecular complexity index is 324. The Morgan fingerprint density at radius 2 is 1.81 bits per heavy atom. The molecule has 3 heteroatoms. The molecule has 1 aromatic rings. The molecule has 3 nitrogen and oxygen atoms in total. The molecule has 0 saturated carbocycles. The van der Waals surface area contributed by atoms with Crippen LogP contribution in [0.2, 0.25) is 0 Å². The summed E-state index contributed by atoms with van der Waals surface area (Å²) in [5.74, 6) is 2.56. The minimum Gasteiger partial charge on any atom is -0.384 e. The molecule has 0 amide bonds. The van der Waals surface area contributed by atoms with Gasteiger partial charge in [-0.15, -0.1) is 0 Å². The summed E-state index contributed by atoms with van der Waals surface area (Å²) in [6.45, 7) is 9.65. The monoisotopic (exact) mass is 223 g/mol. The van der Waals surface area contributed by atoms with Crippen LogP contribution in [0.1, 0.15) is 64.4 Å². The summed E-state index contributed by atoms with van der Waals surface area (Å²) >= 11 is 0. The Kier molecular flexibility index (Phi) is 4.84. The third kappa shape index (κ3) is 2.39. The van der Waals surface area contributed by atoms with E-state index in [9.17, 15) is 0 Å². The number of imidazole rings is 1. The van der Waals surface area contributed by atoms with Gasteiger partial charge in [0.15, 0.2) is 0 Å². The average Bonchev–Trinajstić information content (AvgIpc) is 2.58. The van der Waals surface area contributed by atoms with Gasteiger partial charge in [-0.2, -0.15) is 0 Å². The highest BCUT2D eigenvalue weighted by molar-refractivity contribution is 5.40. The molecule has 0 spiro atoms. The third-order valence-electron chi connectivity index (χ3n) is 3.28. The predicted molar refractivity (Wildman–Crippen MR) is 69.6 cm³/mol. The summed E-state index contributed by atoms with van der Waals surface area (Å²) in [5, 5.41) is 0. The molecule has 0 aliphatic carbocycles. The first-order valence-electron chi connectivity index (χ1n) is 6.54. The molecule has 0 fully saturated rings. The molecule has 0 aromatic carbocycles. The summed E-state index contributed by atoms with van der Waals surface area (Å²) in [5.41, 5.74) is 7.32. The summed E-state index contributed by atoms with van der Waals surface area (Å²) in [6.07, 6.45) is 4.39. The van der Waals surface area contributed by atoms with Gasteiger partial charge in [-0.25, -0.2) is 4.98 Å². The van der Waals surface area contributed by atoms with Crippen molar-refractivity contribution in [2.24, 2.45) is 0 Å².